The number of rotatable bonds is 6. The quantitative estimate of drug-likeness (QED) is 0.785. The first kappa shape index (κ1) is 14.1. The van der Waals surface area contributed by atoms with Crippen molar-refractivity contribution in [2.45, 2.75) is 46.6 Å². The molecule has 2 aromatic rings. The van der Waals surface area contributed by atoms with E-state index in [1.165, 1.54) is 6.07 Å². The Hall–Kier alpha value is -1.35. The summed E-state index contributed by atoms with van der Waals surface area (Å²) in [5.41, 5.74) is 2.86. The average Bonchev–Trinajstić information content (AvgIpc) is 2.70. The highest BCUT2D eigenvalue weighted by atomic mass is 19.1. The lowest BCUT2D eigenvalue weighted by Crippen LogP contribution is -2.14. The van der Waals surface area contributed by atoms with Crippen molar-refractivity contribution in [2.75, 3.05) is 6.54 Å². The Morgan fingerprint density at radius 2 is 2.00 bits per heavy atom. The Kier molecular flexibility index (Phi) is 4.59. The van der Waals surface area contributed by atoms with E-state index in [2.05, 4.69) is 19.2 Å². The Balaban J connectivity index is 2.44. The third-order valence-corrected chi connectivity index (χ3v) is 3.34. The monoisotopic (exact) mass is 263 g/mol. The zero-order chi connectivity index (χ0) is 13.8. The molecular weight excluding hydrogens is 241 g/mol. The van der Waals surface area contributed by atoms with Crippen LogP contribution in [0.2, 0.25) is 0 Å². The maximum absolute atomic E-state index is 13.6. The maximum atomic E-state index is 13.6. The van der Waals surface area contributed by atoms with Crippen LogP contribution in [0.3, 0.4) is 0 Å². The number of aryl methyl sites for hydroxylation is 2. The Labute approximate surface area is 114 Å². The lowest BCUT2D eigenvalue weighted by molar-refractivity contribution is 0.505. The van der Waals surface area contributed by atoms with Gasteiger partial charge in [-0.25, -0.2) is 4.39 Å². The van der Waals surface area contributed by atoms with E-state index in [1.54, 1.807) is 6.07 Å². The first-order valence-electron chi connectivity index (χ1n) is 7.08. The summed E-state index contributed by atoms with van der Waals surface area (Å²) in [6, 6.07) is 3.13. The van der Waals surface area contributed by atoms with E-state index >= 15 is 0 Å². The summed E-state index contributed by atoms with van der Waals surface area (Å²) in [6.07, 6.45) is 3.06. The van der Waals surface area contributed by atoms with Crippen LogP contribution in [-0.2, 0) is 13.0 Å². The van der Waals surface area contributed by atoms with Gasteiger partial charge >= 0.3 is 0 Å². The third kappa shape index (κ3) is 2.98. The van der Waals surface area contributed by atoms with Crippen molar-refractivity contribution in [1.29, 1.82) is 0 Å². The fourth-order valence-electron chi connectivity index (χ4n) is 2.47. The fraction of sp³-hybridized carbons (Fsp3) is 0.500. The molecular formula is C16H22FNO. The van der Waals surface area contributed by atoms with E-state index in [0.717, 1.165) is 60.2 Å². The molecule has 1 heterocycles. The SMILES string of the molecule is CCCNCc1oc2c(C)cc(F)cc2c1CCC. The molecule has 2 nitrogen and oxygen atoms in total. The van der Waals surface area contributed by atoms with Gasteiger partial charge in [-0.15, -0.1) is 0 Å². The van der Waals surface area contributed by atoms with Gasteiger partial charge in [0.25, 0.3) is 0 Å². The molecule has 0 radical (unpaired) electrons. The lowest BCUT2D eigenvalue weighted by atomic mass is 10.0. The third-order valence-electron chi connectivity index (χ3n) is 3.34. The van der Waals surface area contributed by atoms with Gasteiger partial charge in [0.05, 0.1) is 6.54 Å². The van der Waals surface area contributed by atoms with Crippen LogP contribution in [0.4, 0.5) is 4.39 Å². The van der Waals surface area contributed by atoms with Gasteiger partial charge < -0.3 is 9.73 Å². The average molecular weight is 263 g/mol. The second-order valence-electron chi connectivity index (χ2n) is 5.03. The van der Waals surface area contributed by atoms with Crippen molar-refractivity contribution in [3.63, 3.8) is 0 Å². The van der Waals surface area contributed by atoms with E-state index < -0.39 is 0 Å². The summed E-state index contributed by atoms with van der Waals surface area (Å²) >= 11 is 0. The summed E-state index contributed by atoms with van der Waals surface area (Å²) < 4.78 is 19.5. The van der Waals surface area contributed by atoms with Gasteiger partial charge in [0, 0.05) is 10.9 Å². The van der Waals surface area contributed by atoms with Crippen molar-refractivity contribution >= 4 is 11.0 Å². The van der Waals surface area contributed by atoms with E-state index in [9.17, 15) is 4.39 Å². The predicted octanol–water partition coefficient (Wildman–Crippen LogP) is 4.33. The molecule has 0 amide bonds. The largest absolute Gasteiger partial charge is 0.459 e. The molecule has 0 saturated heterocycles. The number of furan rings is 1. The Morgan fingerprint density at radius 1 is 1.21 bits per heavy atom. The van der Waals surface area contributed by atoms with E-state index in [0.29, 0.717) is 0 Å². The molecule has 19 heavy (non-hydrogen) atoms. The van der Waals surface area contributed by atoms with Crippen LogP contribution in [0.15, 0.2) is 16.5 Å². The van der Waals surface area contributed by atoms with Gasteiger partial charge in [0.15, 0.2) is 0 Å². The lowest BCUT2D eigenvalue weighted by Gasteiger charge is -2.03. The molecule has 0 aliphatic rings. The van der Waals surface area contributed by atoms with Crippen molar-refractivity contribution in [1.82, 2.24) is 5.32 Å². The highest BCUT2D eigenvalue weighted by Crippen LogP contribution is 2.30. The highest BCUT2D eigenvalue weighted by Gasteiger charge is 2.15. The molecule has 3 heteroatoms. The molecule has 1 aromatic heterocycles. The van der Waals surface area contributed by atoms with Crippen LogP contribution in [-0.4, -0.2) is 6.54 Å². The minimum absolute atomic E-state index is 0.184. The fourth-order valence-corrected chi connectivity index (χ4v) is 2.47. The van der Waals surface area contributed by atoms with Crippen LogP contribution in [0.25, 0.3) is 11.0 Å². The van der Waals surface area contributed by atoms with Gasteiger partial charge in [-0.3, -0.25) is 0 Å². The van der Waals surface area contributed by atoms with Crippen LogP contribution in [0, 0.1) is 12.7 Å². The summed E-state index contributed by atoms with van der Waals surface area (Å²) in [7, 11) is 0. The number of hydrogen-bond donors (Lipinski definition) is 1. The van der Waals surface area contributed by atoms with Crippen molar-refractivity contribution in [2.24, 2.45) is 0 Å². The summed E-state index contributed by atoms with van der Waals surface area (Å²) in [4.78, 5) is 0. The van der Waals surface area contributed by atoms with E-state index in [-0.39, 0.29) is 5.82 Å². The topological polar surface area (TPSA) is 25.2 Å². The van der Waals surface area contributed by atoms with Crippen molar-refractivity contribution in [3.8, 4) is 0 Å². The van der Waals surface area contributed by atoms with Gasteiger partial charge in [-0.1, -0.05) is 20.3 Å². The molecule has 0 bridgehead atoms. The van der Waals surface area contributed by atoms with Gasteiger partial charge in [0.1, 0.15) is 17.2 Å². The van der Waals surface area contributed by atoms with E-state index in [4.69, 9.17) is 4.42 Å². The normalized spacial score (nSPS) is 11.4. The Bertz CT molecular complexity index is 559. The molecule has 1 N–H and O–H groups in total. The molecule has 1 aromatic carbocycles. The predicted molar refractivity (Wildman–Crippen MR) is 76.9 cm³/mol. The van der Waals surface area contributed by atoms with Gasteiger partial charge in [-0.2, -0.15) is 0 Å². The van der Waals surface area contributed by atoms with Crippen LogP contribution >= 0.6 is 0 Å². The highest BCUT2D eigenvalue weighted by molar-refractivity contribution is 5.85. The molecule has 0 spiro atoms. The first-order valence-corrected chi connectivity index (χ1v) is 7.08. The van der Waals surface area contributed by atoms with Crippen LogP contribution in [0.5, 0.6) is 0 Å². The molecule has 0 atom stereocenters. The number of hydrogen-bond acceptors (Lipinski definition) is 2. The molecule has 2 rings (SSSR count). The summed E-state index contributed by atoms with van der Waals surface area (Å²) in [5, 5.41) is 4.30. The number of nitrogens with one attached hydrogen (secondary N) is 1. The summed E-state index contributed by atoms with van der Waals surface area (Å²) in [5.74, 6) is 0.773. The number of fused-ring (bicyclic) bond motifs is 1. The van der Waals surface area contributed by atoms with Gasteiger partial charge in [-0.05, 0) is 44.0 Å². The van der Waals surface area contributed by atoms with E-state index in [1.807, 2.05) is 6.92 Å². The van der Waals surface area contributed by atoms with Crippen molar-refractivity contribution in [3.05, 3.63) is 34.8 Å². The molecule has 0 saturated carbocycles. The standard InChI is InChI=1S/C16H22FNO/c1-4-6-13-14-9-12(17)8-11(3)16(14)19-15(13)10-18-7-5-2/h8-9,18H,4-7,10H2,1-3H3. The summed E-state index contributed by atoms with van der Waals surface area (Å²) in [6.45, 7) is 7.86. The van der Waals surface area contributed by atoms with Crippen LogP contribution in [0.1, 0.15) is 43.6 Å². The van der Waals surface area contributed by atoms with Gasteiger partial charge in [0.2, 0.25) is 0 Å². The van der Waals surface area contributed by atoms with Crippen molar-refractivity contribution < 1.29 is 8.81 Å². The molecule has 104 valence electrons. The number of benzene rings is 1. The maximum Gasteiger partial charge on any atom is 0.137 e. The minimum atomic E-state index is -0.184. The number of halogens is 1. The first-order chi connectivity index (χ1) is 9.17. The molecule has 0 unspecified atom stereocenters. The second kappa shape index (κ2) is 6.20. The molecule has 0 aliphatic heterocycles. The second-order valence-corrected chi connectivity index (χ2v) is 5.03. The Morgan fingerprint density at radius 3 is 2.68 bits per heavy atom. The van der Waals surface area contributed by atoms with Crippen LogP contribution < -0.4 is 5.32 Å². The minimum Gasteiger partial charge on any atom is -0.459 e. The molecule has 0 aliphatic carbocycles. The smallest absolute Gasteiger partial charge is 0.137 e. The zero-order valence-corrected chi connectivity index (χ0v) is 12.0. The zero-order valence-electron chi connectivity index (χ0n) is 12.0. The molecule has 0 fully saturated rings.